The largest absolute Gasteiger partial charge is 0.297 e. The van der Waals surface area contributed by atoms with Crippen LogP contribution in [0.15, 0.2) is 16.6 Å². The lowest BCUT2D eigenvalue weighted by atomic mass is 9.40. The zero-order valence-corrected chi connectivity index (χ0v) is 17.5. The predicted octanol–water partition coefficient (Wildman–Crippen LogP) is 6.68. The van der Waals surface area contributed by atoms with Gasteiger partial charge in [0.15, 0.2) is 0 Å². The highest BCUT2D eigenvalue weighted by molar-refractivity contribution is 5.85. The highest BCUT2D eigenvalue weighted by atomic mass is 14.7. The number of aliphatic imine (C=N–C) groups is 1. The fourth-order valence-electron chi connectivity index (χ4n) is 8.10. The molecule has 7 atom stereocenters. The molecule has 0 amide bonds. The Hall–Kier alpha value is -0.590. The van der Waals surface area contributed by atoms with Crippen LogP contribution in [0.3, 0.4) is 0 Å². The van der Waals surface area contributed by atoms with Crippen molar-refractivity contribution in [1.29, 1.82) is 0 Å². The quantitative estimate of drug-likeness (QED) is 0.372. The van der Waals surface area contributed by atoms with Gasteiger partial charge in [-0.25, -0.2) is 0 Å². The lowest BCUT2D eigenvalue weighted by Crippen LogP contribution is -2.57. The molecule has 0 bridgehead atoms. The third-order valence-electron chi connectivity index (χ3n) is 10.0. The third-order valence-corrected chi connectivity index (χ3v) is 10.0. The zero-order chi connectivity index (χ0) is 18.0. The number of allylic oxidation sites excluding steroid dienone is 2. The minimum absolute atomic E-state index is 0.468. The van der Waals surface area contributed by atoms with E-state index in [0.29, 0.717) is 16.2 Å². The van der Waals surface area contributed by atoms with Gasteiger partial charge < -0.3 is 0 Å². The second kappa shape index (κ2) is 5.70. The molecule has 4 aliphatic carbocycles. The van der Waals surface area contributed by atoms with Gasteiger partial charge >= 0.3 is 0 Å². The van der Waals surface area contributed by atoms with Crippen molar-refractivity contribution in [1.82, 2.24) is 0 Å². The van der Waals surface area contributed by atoms with Crippen molar-refractivity contribution in [3.63, 3.8) is 0 Å². The van der Waals surface area contributed by atoms with E-state index in [1.54, 1.807) is 0 Å². The van der Waals surface area contributed by atoms with Crippen LogP contribution in [0.4, 0.5) is 0 Å². The average molecular weight is 342 g/mol. The Morgan fingerprint density at radius 2 is 1.76 bits per heavy atom. The fraction of sp³-hybridized carbons (Fsp3) is 0.875. The minimum Gasteiger partial charge on any atom is -0.297 e. The van der Waals surface area contributed by atoms with Gasteiger partial charge in [0.25, 0.3) is 0 Å². The molecule has 4 aliphatic rings. The summed E-state index contributed by atoms with van der Waals surface area (Å²) in [6.45, 7) is 12.7. The summed E-state index contributed by atoms with van der Waals surface area (Å²) in [4.78, 5) is 4.62. The minimum atomic E-state index is 0.468. The number of hydrogen-bond donors (Lipinski definition) is 0. The topological polar surface area (TPSA) is 12.4 Å². The van der Waals surface area contributed by atoms with Crippen molar-refractivity contribution in [2.75, 3.05) is 7.05 Å². The van der Waals surface area contributed by atoms with Crippen LogP contribution in [0, 0.1) is 39.9 Å². The van der Waals surface area contributed by atoms with E-state index < -0.39 is 0 Å². The maximum atomic E-state index is 4.62. The summed E-state index contributed by atoms with van der Waals surface area (Å²) in [5.41, 5.74) is 4.74. The van der Waals surface area contributed by atoms with Crippen molar-refractivity contribution in [2.24, 2.45) is 44.9 Å². The molecule has 0 N–H and O–H groups in total. The van der Waals surface area contributed by atoms with Gasteiger partial charge in [0.05, 0.1) is 0 Å². The summed E-state index contributed by atoms with van der Waals surface area (Å²) in [6.07, 6.45) is 14.0. The van der Waals surface area contributed by atoms with Gasteiger partial charge in [0.1, 0.15) is 0 Å². The molecule has 0 aromatic carbocycles. The third kappa shape index (κ3) is 2.23. The fourth-order valence-corrected chi connectivity index (χ4v) is 8.10. The first kappa shape index (κ1) is 17.8. The number of fused-ring (bicyclic) bond motifs is 5. The summed E-state index contributed by atoms with van der Waals surface area (Å²) in [7, 11) is 2.00. The van der Waals surface area contributed by atoms with E-state index >= 15 is 0 Å². The van der Waals surface area contributed by atoms with Crippen molar-refractivity contribution >= 4 is 5.71 Å². The van der Waals surface area contributed by atoms with Gasteiger partial charge in [-0.1, -0.05) is 39.3 Å². The number of rotatable bonds is 1. The molecule has 140 valence electrons. The van der Waals surface area contributed by atoms with E-state index in [-0.39, 0.29) is 0 Å². The lowest BCUT2D eigenvalue weighted by molar-refractivity contribution is -0.114. The normalized spacial score (nSPS) is 52.9. The van der Waals surface area contributed by atoms with Gasteiger partial charge in [-0.15, -0.1) is 0 Å². The molecule has 1 heteroatoms. The lowest BCUT2D eigenvalue weighted by Gasteiger charge is -2.65. The van der Waals surface area contributed by atoms with Crippen LogP contribution in [-0.2, 0) is 0 Å². The van der Waals surface area contributed by atoms with Crippen molar-refractivity contribution in [2.45, 2.75) is 86.0 Å². The van der Waals surface area contributed by atoms with E-state index in [1.807, 2.05) is 12.6 Å². The van der Waals surface area contributed by atoms with Gasteiger partial charge in [-0.05, 0) is 92.3 Å². The first-order chi connectivity index (χ1) is 11.8. The Morgan fingerprint density at radius 3 is 2.48 bits per heavy atom. The van der Waals surface area contributed by atoms with Crippen molar-refractivity contribution in [3.8, 4) is 0 Å². The summed E-state index contributed by atoms with van der Waals surface area (Å²) in [5, 5.41) is 0. The molecular weight excluding hydrogens is 302 g/mol. The molecule has 0 saturated heterocycles. The summed E-state index contributed by atoms with van der Waals surface area (Å²) < 4.78 is 0. The molecule has 4 rings (SSSR count). The SMILES string of the molecule is C/N=C(\C)C1CC[C@H]2C3CCC4=CC(C)CCC4(C)C3(C)CCC12C. The second-order valence-corrected chi connectivity index (χ2v) is 10.7. The Kier molecular flexibility index (Phi) is 4.06. The molecular formula is C24H39N. The zero-order valence-electron chi connectivity index (χ0n) is 17.5. The smallest absolute Gasteiger partial charge is 0.0276 e. The first-order valence-corrected chi connectivity index (χ1v) is 10.9. The molecule has 0 aliphatic heterocycles. The van der Waals surface area contributed by atoms with Crippen LogP contribution in [0.25, 0.3) is 0 Å². The monoisotopic (exact) mass is 341 g/mol. The summed E-state index contributed by atoms with van der Waals surface area (Å²) in [6, 6.07) is 0. The van der Waals surface area contributed by atoms with Gasteiger partial charge in [-0.3, -0.25) is 4.99 Å². The molecule has 3 fully saturated rings. The second-order valence-electron chi connectivity index (χ2n) is 10.7. The Bertz CT molecular complexity index is 616. The number of nitrogens with zero attached hydrogens (tertiary/aromatic N) is 1. The van der Waals surface area contributed by atoms with E-state index in [0.717, 1.165) is 23.7 Å². The standard InChI is InChI=1S/C24H39N/c1-16-11-12-23(4)18(15-16)7-8-21-20-10-9-19(17(2)25-6)22(20,3)13-14-24(21,23)5/h15-16,19-21H,7-14H2,1-6H3/b25-17+/t16?,19?,20-,21?,22?,23?,24?/m0/s1. The highest BCUT2D eigenvalue weighted by Gasteiger charge is 2.64. The van der Waals surface area contributed by atoms with Crippen molar-refractivity contribution in [3.05, 3.63) is 11.6 Å². The summed E-state index contributed by atoms with van der Waals surface area (Å²) >= 11 is 0. The Morgan fingerprint density at radius 1 is 1.00 bits per heavy atom. The van der Waals surface area contributed by atoms with Crippen LogP contribution >= 0.6 is 0 Å². The molecule has 25 heavy (non-hydrogen) atoms. The van der Waals surface area contributed by atoms with E-state index in [9.17, 15) is 0 Å². The summed E-state index contributed by atoms with van der Waals surface area (Å²) in [5.74, 6) is 3.39. The van der Waals surface area contributed by atoms with Crippen LogP contribution < -0.4 is 0 Å². The molecule has 0 heterocycles. The number of hydrogen-bond acceptors (Lipinski definition) is 1. The van der Waals surface area contributed by atoms with E-state index in [4.69, 9.17) is 0 Å². The maximum absolute atomic E-state index is 4.62. The van der Waals surface area contributed by atoms with Gasteiger partial charge in [0, 0.05) is 18.7 Å². The Balaban J connectivity index is 1.71. The van der Waals surface area contributed by atoms with E-state index in [2.05, 4.69) is 45.7 Å². The van der Waals surface area contributed by atoms with Crippen LogP contribution in [0.1, 0.15) is 86.0 Å². The molecule has 1 nitrogen and oxygen atoms in total. The molecule has 0 radical (unpaired) electrons. The maximum Gasteiger partial charge on any atom is 0.0276 e. The molecule has 0 aromatic heterocycles. The van der Waals surface area contributed by atoms with Crippen LogP contribution in [0.2, 0.25) is 0 Å². The van der Waals surface area contributed by atoms with E-state index in [1.165, 1.54) is 57.1 Å². The first-order valence-electron chi connectivity index (χ1n) is 10.9. The predicted molar refractivity (Wildman–Crippen MR) is 108 cm³/mol. The van der Waals surface area contributed by atoms with Crippen molar-refractivity contribution < 1.29 is 0 Å². The Labute approximate surface area is 155 Å². The molecule has 6 unspecified atom stereocenters. The van der Waals surface area contributed by atoms with Gasteiger partial charge in [-0.2, -0.15) is 0 Å². The molecule has 0 spiro atoms. The van der Waals surface area contributed by atoms with Crippen LogP contribution in [0.5, 0.6) is 0 Å². The highest BCUT2D eigenvalue weighted by Crippen LogP contribution is 2.72. The molecule has 0 aromatic rings. The average Bonchev–Trinajstić information content (AvgIpc) is 2.93. The van der Waals surface area contributed by atoms with Crippen LogP contribution in [-0.4, -0.2) is 12.8 Å². The molecule has 3 saturated carbocycles. The van der Waals surface area contributed by atoms with Gasteiger partial charge in [0.2, 0.25) is 0 Å².